The Morgan fingerprint density at radius 3 is 2.22 bits per heavy atom. The van der Waals surface area contributed by atoms with Gasteiger partial charge in [-0.2, -0.15) is 0 Å². The number of nitrogens with one attached hydrogen (secondary N) is 1. The number of nitrogens with zero attached hydrogens (tertiary/aromatic N) is 1. The zero-order valence-corrected chi connectivity index (χ0v) is 14.6. The molecule has 0 aliphatic carbocycles. The van der Waals surface area contributed by atoms with Gasteiger partial charge in [-0.25, -0.2) is 0 Å². The first-order chi connectivity index (χ1) is 11.3. The fraction of sp³-hybridized carbons (Fsp3) is 0.650. The van der Waals surface area contributed by atoms with Crippen LogP contribution in [0.1, 0.15) is 77.6 Å². The van der Waals surface area contributed by atoms with Crippen LogP contribution in [-0.2, 0) is 4.79 Å². The fourth-order valence-electron chi connectivity index (χ4n) is 3.36. The van der Waals surface area contributed by atoms with Gasteiger partial charge in [0.05, 0.1) is 18.2 Å². The summed E-state index contributed by atoms with van der Waals surface area (Å²) >= 11 is 0. The van der Waals surface area contributed by atoms with E-state index in [0.717, 1.165) is 12.1 Å². The molecule has 1 N–H and O–H groups in total. The lowest BCUT2D eigenvalue weighted by Crippen LogP contribution is -2.38. The molecular formula is C20H32N2O. The monoisotopic (exact) mass is 316 g/mol. The Labute approximate surface area is 141 Å². The number of unbranched alkanes of at least 4 members (excludes halogenated alkanes) is 8. The van der Waals surface area contributed by atoms with Crippen molar-refractivity contribution >= 4 is 11.6 Å². The molecule has 1 atom stereocenters. The predicted molar refractivity (Wildman–Crippen MR) is 97.3 cm³/mol. The van der Waals surface area contributed by atoms with E-state index in [1.54, 1.807) is 0 Å². The van der Waals surface area contributed by atoms with Crippen LogP contribution in [0.4, 0.5) is 5.69 Å². The number of benzene rings is 1. The highest BCUT2D eigenvalue weighted by Crippen LogP contribution is 2.24. The predicted octanol–water partition coefficient (Wildman–Crippen LogP) is 5.22. The average Bonchev–Trinajstić information content (AvgIpc) is 2.95. The molecule has 23 heavy (non-hydrogen) atoms. The van der Waals surface area contributed by atoms with Gasteiger partial charge in [0, 0.05) is 0 Å². The van der Waals surface area contributed by atoms with Gasteiger partial charge in [-0.3, -0.25) is 15.2 Å². The van der Waals surface area contributed by atoms with Crippen molar-refractivity contribution in [3.8, 4) is 0 Å². The molecule has 3 nitrogen and oxygen atoms in total. The smallest absolute Gasteiger partial charge is 0.240 e. The van der Waals surface area contributed by atoms with E-state index in [1.807, 2.05) is 18.2 Å². The summed E-state index contributed by atoms with van der Waals surface area (Å²) < 4.78 is 0. The molecule has 0 saturated carbocycles. The van der Waals surface area contributed by atoms with E-state index in [9.17, 15) is 4.79 Å². The minimum atomic E-state index is 0.148. The highest BCUT2D eigenvalue weighted by atomic mass is 16.2. The molecule has 1 aromatic carbocycles. The molecule has 0 spiro atoms. The largest absolute Gasteiger partial charge is 0.282 e. The quantitative estimate of drug-likeness (QED) is 0.568. The van der Waals surface area contributed by atoms with Crippen molar-refractivity contribution in [1.82, 2.24) is 5.43 Å². The van der Waals surface area contributed by atoms with Gasteiger partial charge in [0.2, 0.25) is 5.91 Å². The van der Waals surface area contributed by atoms with E-state index in [2.05, 4.69) is 29.5 Å². The third-order valence-electron chi connectivity index (χ3n) is 4.71. The maximum Gasteiger partial charge on any atom is 0.240 e. The van der Waals surface area contributed by atoms with Gasteiger partial charge >= 0.3 is 0 Å². The Bertz CT molecular complexity index is 446. The SMILES string of the molecule is CCCCCCCCCCCC1CC(=O)NN1c1ccccc1. The topological polar surface area (TPSA) is 32.3 Å². The first kappa shape index (κ1) is 17.8. The lowest BCUT2D eigenvalue weighted by atomic mass is 10.0. The summed E-state index contributed by atoms with van der Waals surface area (Å²) in [6, 6.07) is 10.5. The molecule has 3 heteroatoms. The van der Waals surface area contributed by atoms with Gasteiger partial charge in [-0.1, -0.05) is 82.9 Å². The molecule has 1 saturated heterocycles. The third-order valence-corrected chi connectivity index (χ3v) is 4.71. The van der Waals surface area contributed by atoms with E-state index in [-0.39, 0.29) is 5.91 Å². The van der Waals surface area contributed by atoms with Crippen LogP contribution in [-0.4, -0.2) is 11.9 Å². The van der Waals surface area contributed by atoms with E-state index in [1.165, 1.54) is 57.8 Å². The van der Waals surface area contributed by atoms with Crippen molar-refractivity contribution in [3.63, 3.8) is 0 Å². The first-order valence-electron chi connectivity index (χ1n) is 9.45. The number of hydrogen-bond donors (Lipinski definition) is 1. The van der Waals surface area contributed by atoms with Gasteiger partial charge in [0.15, 0.2) is 0 Å². The maximum absolute atomic E-state index is 11.7. The summed E-state index contributed by atoms with van der Waals surface area (Å²) in [7, 11) is 0. The van der Waals surface area contributed by atoms with Gasteiger partial charge in [0.25, 0.3) is 0 Å². The Balaban J connectivity index is 1.62. The summed E-state index contributed by atoms with van der Waals surface area (Å²) in [6.07, 6.45) is 13.9. The van der Waals surface area contributed by atoms with E-state index in [4.69, 9.17) is 0 Å². The van der Waals surface area contributed by atoms with Crippen molar-refractivity contribution in [2.45, 2.75) is 83.6 Å². The number of anilines is 1. The minimum Gasteiger partial charge on any atom is -0.282 e. The molecule has 0 aromatic heterocycles. The Morgan fingerprint density at radius 2 is 1.57 bits per heavy atom. The summed E-state index contributed by atoms with van der Waals surface area (Å²) in [5.41, 5.74) is 4.09. The highest BCUT2D eigenvalue weighted by molar-refractivity contribution is 5.82. The van der Waals surface area contributed by atoms with Crippen molar-refractivity contribution in [2.75, 3.05) is 5.01 Å². The van der Waals surface area contributed by atoms with Crippen molar-refractivity contribution in [2.24, 2.45) is 0 Å². The zero-order valence-electron chi connectivity index (χ0n) is 14.6. The second-order valence-electron chi connectivity index (χ2n) is 6.72. The third kappa shape index (κ3) is 6.25. The Morgan fingerprint density at radius 1 is 0.957 bits per heavy atom. The minimum absolute atomic E-state index is 0.148. The second-order valence-corrected chi connectivity index (χ2v) is 6.72. The zero-order chi connectivity index (χ0) is 16.3. The molecule has 1 amide bonds. The molecule has 0 radical (unpaired) electrons. The summed E-state index contributed by atoms with van der Waals surface area (Å²) in [4.78, 5) is 11.7. The lowest BCUT2D eigenvalue weighted by Gasteiger charge is -2.25. The van der Waals surface area contributed by atoms with Gasteiger partial charge in [-0.05, 0) is 18.6 Å². The van der Waals surface area contributed by atoms with Crippen molar-refractivity contribution in [3.05, 3.63) is 30.3 Å². The van der Waals surface area contributed by atoms with Gasteiger partial charge < -0.3 is 0 Å². The molecule has 1 aliphatic heterocycles. The van der Waals surface area contributed by atoms with Gasteiger partial charge in [0.1, 0.15) is 0 Å². The average molecular weight is 316 g/mol. The lowest BCUT2D eigenvalue weighted by molar-refractivity contribution is -0.119. The van der Waals surface area contributed by atoms with Crippen molar-refractivity contribution in [1.29, 1.82) is 0 Å². The summed E-state index contributed by atoms with van der Waals surface area (Å²) in [6.45, 7) is 2.27. The Hall–Kier alpha value is -1.51. The molecule has 1 aliphatic rings. The van der Waals surface area contributed by atoms with Crippen LogP contribution in [0, 0.1) is 0 Å². The van der Waals surface area contributed by atoms with E-state index < -0.39 is 0 Å². The molecule has 128 valence electrons. The van der Waals surface area contributed by atoms with Crippen molar-refractivity contribution < 1.29 is 4.79 Å². The molecular weight excluding hydrogens is 284 g/mol. The fourth-order valence-corrected chi connectivity index (χ4v) is 3.36. The molecule has 1 fully saturated rings. The number of amides is 1. The number of hydrogen-bond acceptors (Lipinski definition) is 2. The standard InChI is InChI=1S/C20H32N2O/c1-2-3-4-5-6-7-8-9-11-16-19-17-20(23)21-22(19)18-14-12-10-13-15-18/h10,12-15,19H,2-9,11,16-17H2,1H3,(H,21,23). The molecule has 1 aromatic rings. The number of hydrazine groups is 1. The highest BCUT2D eigenvalue weighted by Gasteiger charge is 2.29. The second kappa shape index (κ2) is 10.3. The molecule has 0 bridgehead atoms. The van der Waals surface area contributed by atoms with Crippen LogP contribution in [0.5, 0.6) is 0 Å². The summed E-state index contributed by atoms with van der Waals surface area (Å²) in [5.74, 6) is 0.148. The number of carbonyl (C=O) groups excluding carboxylic acids is 1. The molecule has 2 rings (SSSR count). The number of carbonyl (C=O) groups is 1. The van der Waals surface area contributed by atoms with Crippen LogP contribution in [0.15, 0.2) is 30.3 Å². The summed E-state index contributed by atoms with van der Waals surface area (Å²) in [5, 5.41) is 2.06. The van der Waals surface area contributed by atoms with Crippen LogP contribution < -0.4 is 10.4 Å². The maximum atomic E-state index is 11.7. The number of para-hydroxylation sites is 1. The normalized spacial score (nSPS) is 17.5. The van der Waals surface area contributed by atoms with Gasteiger partial charge in [-0.15, -0.1) is 0 Å². The van der Waals surface area contributed by atoms with E-state index >= 15 is 0 Å². The van der Waals surface area contributed by atoms with Crippen LogP contribution in [0.3, 0.4) is 0 Å². The number of rotatable bonds is 11. The molecule has 1 unspecified atom stereocenters. The van der Waals surface area contributed by atoms with E-state index in [0.29, 0.717) is 12.5 Å². The van der Waals surface area contributed by atoms with Crippen LogP contribution in [0.2, 0.25) is 0 Å². The van der Waals surface area contributed by atoms with Crippen LogP contribution in [0.25, 0.3) is 0 Å². The first-order valence-corrected chi connectivity index (χ1v) is 9.45. The van der Waals surface area contributed by atoms with Crippen LogP contribution >= 0.6 is 0 Å². The molecule has 1 heterocycles. The Kier molecular flexibility index (Phi) is 7.99.